The zero-order valence-electron chi connectivity index (χ0n) is 13.0. The molecule has 0 bridgehead atoms. The van der Waals surface area contributed by atoms with Gasteiger partial charge in [-0.25, -0.2) is 13.1 Å². The summed E-state index contributed by atoms with van der Waals surface area (Å²) in [6, 6.07) is 10.4. The Labute approximate surface area is 132 Å². The number of ether oxygens (including phenoxy) is 1. The van der Waals surface area contributed by atoms with Gasteiger partial charge in [0.25, 0.3) is 0 Å². The largest absolute Gasteiger partial charge is 0.373 e. The van der Waals surface area contributed by atoms with E-state index in [9.17, 15) is 8.42 Å². The molecule has 0 saturated carbocycles. The van der Waals surface area contributed by atoms with Crippen molar-refractivity contribution in [2.24, 2.45) is 0 Å². The molecule has 122 valence electrons. The summed E-state index contributed by atoms with van der Waals surface area (Å²) in [4.78, 5) is 2.40. The molecule has 1 aromatic carbocycles. The summed E-state index contributed by atoms with van der Waals surface area (Å²) < 4.78 is 31.7. The number of hydrogen-bond donors (Lipinski definition) is 1. The topological polar surface area (TPSA) is 58.6 Å². The molecule has 0 amide bonds. The smallest absolute Gasteiger partial charge is 0.208 e. The Balaban J connectivity index is 1.60. The Morgan fingerprint density at radius 1 is 1.36 bits per heavy atom. The Morgan fingerprint density at radius 3 is 2.86 bits per heavy atom. The van der Waals surface area contributed by atoms with E-state index in [1.165, 1.54) is 11.8 Å². The van der Waals surface area contributed by atoms with Crippen molar-refractivity contribution in [2.45, 2.75) is 37.5 Å². The first-order chi connectivity index (χ1) is 10.4. The lowest BCUT2D eigenvalue weighted by Crippen LogP contribution is -2.49. The van der Waals surface area contributed by atoms with Crippen molar-refractivity contribution in [1.29, 1.82) is 0 Å². The first-order valence-electron chi connectivity index (χ1n) is 7.82. The first kappa shape index (κ1) is 15.9. The molecule has 1 aromatic rings. The average Bonchev–Trinajstić information content (AvgIpc) is 2.80. The van der Waals surface area contributed by atoms with Gasteiger partial charge in [-0.1, -0.05) is 30.3 Å². The molecule has 22 heavy (non-hydrogen) atoms. The molecule has 0 unspecified atom stereocenters. The summed E-state index contributed by atoms with van der Waals surface area (Å²) in [6.45, 7) is 3.44. The minimum absolute atomic E-state index is 0.000394. The van der Waals surface area contributed by atoms with Gasteiger partial charge in [0.1, 0.15) is 0 Å². The predicted molar refractivity (Wildman–Crippen MR) is 86.0 cm³/mol. The molecule has 0 aromatic heterocycles. The van der Waals surface area contributed by atoms with Gasteiger partial charge >= 0.3 is 0 Å². The number of nitrogens with zero attached hydrogens (tertiary/aromatic N) is 1. The van der Waals surface area contributed by atoms with Crippen molar-refractivity contribution in [2.75, 3.05) is 26.0 Å². The molecular formula is C16H24N2O3S. The van der Waals surface area contributed by atoms with Gasteiger partial charge in [0, 0.05) is 32.3 Å². The Kier molecular flexibility index (Phi) is 4.54. The van der Waals surface area contributed by atoms with Crippen LogP contribution in [0.3, 0.4) is 0 Å². The minimum atomic E-state index is -3.15. The Bertz CT molecular complexity index is 605. The maximum Gasteiger partial charge on any atom is 0.208 e. The van der Waals surface area contributed by atoms with Gasteiger partial charge in [-0.05, 0) is 24.8 Å². The summed E-state index contributed by atoms with van der Waals surface area (Å²) in [5.41, 5.74) is 1.12. The highest BCUT2D eigenvalue weighted by Gasteiger charge is 2.43. The third-order valence-corrected chi connectivity index (χ3v) is 5.28. The SMILES string of the molecule is CS(=O)(=O)N[C@H]1CCO[C@]2(CCN(Cc3ccccc3)C2)C1. The molecule has 0 radical (unpaired) electrons. The highest BCUT2D eigenvalue weighted by Crippen LogP contribution is 2.35. The van der Waals surface area contributed by atoms with Crippen molar-refractivity contribution in [1.82, 2.24) is 9.62 Å². The second-order valence-corrected chi connectivity index (χ2v) is 8.34. The number of sulfonamides is 1. The van der Waals surface area contributed by atoms with E-state index in [-0.39, 0.29) is 11.6 Å². The normalized spacial score (nSPS) is 30.0. The third kappa shape index (κ3) is 4.07. The molecule has 2 atom stereocenters. The van der Waals surface area contributed by atoms with Crippen LogP contribution in [0.1, 0.15) is 24.8 Å². The number of nitrogens with one attached hydrogen (secondary N) is 1. The molecule has 2 fully saturated rings. The monoisotopic (exact) mass is 324 g/mol. The van der Waals surface area contributed by atoms with Crippen LogP contribution in [0.2, 0.25) is 0 Å². The second-order valence-electron chi connectivity index (χ2n) is 6.56. The highest BCUT2D eigenvalue weighted by molar-refractivity contribution is 7.88. The van der Waals surface area contributed by atoms with E-state index in [2.05, 4.69) is 33.9 Å². The second kappa shape index (κ2) is 6.28. The average molecular weight is 324 g/mol. The van der Waals surface area contributed by atoms with E-state index >= 15 is 0 Å². The van der Waals surface area contributed by atoms with Crippen LogP contribution in [-0.4, -0.2) is 50.9 Å². The van der Waals surface area contributed by atoms with Gasteiger partial charge in [-0.15, -0.1) is 0 Å². The molecule has 2 heterocycles. The lowest BCUT2D eigenvalue weighted by atomic mass is 9.90. The number of benzene rings is 1. The van der Waals surface area contributed by atoms with Crippen LogP contribution in [0.4, 0.5) is 0 Å². The van der Waals surface area contributed by atoms with Gasteiger partial charge in [-0.3, -0.25) is 4.90 Å². The van der Waals surface area contributed by atoms with Crippen LogP contribution in [0.5, 0.6) is 0 Å². The van der Waals surface area contributed by atoms with Gasteiger partial charge in [0.05, 0.1) is 11.9 Å². The van der Waals surface area contributed by atoms with E-state index in [1.807, 2.05) is 6.07 Å². The first-order valence-corrected chi connectivity index (χ1v) is 9.71. The lowest BCUT2D eigenvalue weighted by molar-refractivity contribution is -0.0779. The van der Waals surface area contributed by atoms with Crippen molar-refractivity contribution in [3.05, 3.63) is 35.9 Å². The molecule has 3 rings (SSSR count). The molecule has 5 nitrogen and oxygen atoms in total. The minimum Gasteiger partial charge on any atom is -0.373 e. The third-order valence-electron chi connectivity index (χ3n) is 4.52. The summed E-state index contributed by atoms with van der Waals surface area (Å²) in [6.07, 6.45) is 3.73. The zero-order valence-corrected chi connectivity index (χ0v) is 13.8. The summed E-state index contributed by atoms with van der Waals surface area (Å²) >= 11 is 0. The zero-order chi connectivity index (χ0) is 15.6. The van der Waals surface area contributed by atoms with Crippen molar-refractivity contribution in [3.8, 4) is 0 Å². The number of hydrogen-bond acceptors (Lipinski definition) is 4. The molecular weight excluding hydrogens is 300 g/mol. The summed E-state index contributed by atoms with van der Waals surface area (Å²) in [5.74, 6) is 0. The number of rotatable bonds is 4. The van der Waals surface area contributed by atoms with Crippen LogP contribution >= 0.6 is 0 Å². The molecule has 0 aliphatic carbocycles. The van der Waals surface area contributed by atoms with Crippen LogP contribution in [0, 0.1) is 0 Å². The van der Waals surface area contributed by atoms with Gasteiger partial charge in [-0.2, -0.15) is 0 Å². The van der Waals surface area contributed by atoms with Crippen LogP contribution in [-0.2, 0) is 21.3 Å². The fourth-order valence-corrected chi connectivity index (χ4v) is 4.43. The molecule has 2 saturated heterocycles. The summed E-state index contributed by atoms with van der Waals surface area (Å²) in [5, 5.41) is 0. The van der Waals surface area contributed by atoms with E-state index in [0.29, 0.717) is 6.61 Å². The Morgan fingerprint density at radius 2 is 2.14 bits per heavy atom. The van der Waals surface area contributed by atoms with Crippen molar-refractivity contribution in [3.63, 3.8) is 0 Å². The lowest BCUT2D eigenvalue weighted by Gasteiger charge is -2.38. The fourth-order valence-electron chi connectivity index (χ4n) is 3.62. The van der Waals surface area contributed by atoms with Crippen LogP contribution < -0.4 is 4.72 Å². The highest BCUT2D eigenvalue weighted by atomic mass is 32.2. The van der Waals surface area contributed by atoms with E-state index in [0.717, 1.165) is 38.9 Å². The summed E-state index contributed by atoms with van der Waals surface area (Å²) in [7, 11) is -3.15. The molecule has 2 aliphatic rings. The number of likely N-dealkylation sites (tertiary alicyclic amines) is 1. The van der Waals surface area contributed by atoms with Gasteiger partial charge in [0.15, 0.2) is 0 Å². The quantitative estimate of drug-likeness (QED) is 0.908. The molecule has 1 spiro atoms. The fraction of sp³-hybridized carbons (Fsp3) is 0.625. The van der Waals surface area contributed by atoms with E-state index < -0.39 is 10.0 Å². The van der Waals surface area contributed by atoms with E-state index in [4.69, 9.17) is 4.74 Å². The molecule has 6 heteroatoms. The van der Waals surface area contributed by atoms with Gasteiger partial charge in [0.2, 0.25) is 10.0 Å². The van der Waals surface area contributed by atoms with Crippen molar-refractivity contribution >= 4 is 10.0 Å². The Hall–Kier alpha value is -0.950. The maximum absolute atomic E-state index is 11.4. The van der Waals surface area contributed by atoms with Crippen molar-refractivity contribution < 1.29 is 13.2 Å². The standard InChI is InChI=1S/C16H24N2O3S/c1-22(19,20)17-15-7-10-21-16(11-15)8-9-18(13-16)12-14-5-3-2-4-6-14/h2-6,15,17H,7-13H2,1H3/t15-,16+/m0/s1. The van der Waals surface area contributed by atoms with Crippen LogP contribution in [0.25, 0.3) is 0 Å². The molecule has 2 aliphatic heterocycles. The predicted octanol–water partition coefficient (Wildman–Crippen LogP) is 1.36. The van der Waals surface area contributed by atoms with Crippen LogP contribution in [0.15, 0.2) is 30.3 Å². The van der Waals surface area contributed by atoms with E-state index in [1.54, 1.807) is 0 Å². The van der Waals surface area contributed by atoms with Gasteiger partial charge < -0.3 is 4.74 Å². The maximum atomic E-state index is 11.4. The molecule has 1 N–H and O–H groups in total.